The van der Waals surface area contributed by atoms with Gasteiger partial charge in [-0.2, -0.15) is 0 Å². The molecule has 0 spiro atoms. The van der Waals surface area contributed by atoms with Gasteiger partial charge >= 0.3 is 0 Å². The summed E-state index contributed by atoms with van der Waals surface area (Å²) in [7, 11) is 3.51. The Kier molecular flexibility index (Phi) is 16.5. The Morgan fingerprint density at radius 1 is 1.02 bits per heavy atom. The van der Waals surface area contributed by atoms with Gasteiger partial charge in [-0.1, -0.05) is 62.4 Å². The molecule has 0 radical (unpaired) electrons. The van der Waals surface area contributed by atoms with Gasteiger partial charge < -0.3 is 31.1 Å². The Morgan fingerprint density at radius 2 is 1.72 bits per heavy atom. The van der Waals surface area contributed by atoms with Crippen LogP contribution in [0.2, 0.25) is 0 Å². The number of hydrogen-bond acceptors (Lipinski definition) is 6. The molecule has 5 atom stereocenters. The zero-order chi connectivity index (χ0) is 31.6. The monoisotopic (exact) mass is 594 g/mol. The summed E-state index contributed by atoms with van der Waals surface area (Å²) in [4.78, 5) is 41.9. The van der Waals surface area contributed by atoms with E-state index in [2.05, 4.69) is 27.8 Å². The predicted octanol–water partition coefficient (Wildman–Crippen LogP) is 2.01. The minimum Gasteiger partial charge on any atom is -0.389 e. The minimum absolute atomic E-state index is 0.0221. The molecule has 5 N–H and O–H groups in total. The lowest BCUT2D eigenvalue weighted by Crippen LogP contribution is -2.56. The summed E-state index contributed by atoms with van der Waals surface area (Å²) in [6.45, 7) is 1.12. The molecule has 2 rings (SSSR count). The number of carbonyl (C=O) groups excluding carboxylic acids is 3. The van der Waals surface area contributed by atoms with Gasteiger partial charge in [0.2, 0.25) is 17.7 Å². The Labute approximate surface area is 257 Å². The molecule has 1 aromatic carbocycles. The lowest BCUT2D eigenvalue weighted by Gasteiger charge is -2.33. The topological polar surface area (TPSA) is 131 Å². The fourth-order valence-corrected chi connectivity index (χ4v) is 5.57. The third-order valence-corrected chi connectivity index (χ3v) is 8.22. The molecule has 236 valence electrons. The summed E-state index contributed by atoms with van der Waals surface area (Å²) in [6, 6.07) is 7.71. The van der Waals surface area contributed by atoms with E-state index in [4.69, 9.17) is 12.8 Å². The van der Waals surface area contributed by atoms with Crippen LogP contribution >= 0.6 is 0 Å². The van der Waals surface area contributed by atoms with Crippen molar-refractivity contribution in [2.45, 2.75) is 94.9 Å². The molecule has 1 aliphatic carbocycles. The number of amides is 3. The fourth-order valence-electron chi connectivity index (χ4n) is 5.57. The summed E-state index contributed by atoms with van der Waals surface area (Å²) in [5, 5.41) is 30.2. The van der Waals surface area contributed by atoms with Gasteiger partial charge in [-0.3, -0.25) is 14.4 Å². The number of nitrogens with one attached hydrogen (secondary N) is 3. The van der Waals surface area contributed by atoms with Gasteiger partial charge in [-0.25, -0.2) is 0 Å². The molecule has 0 saturated heterocycles. The molecule has 0 heterocycles. The van der Waals surface area contributed by atoms with Crippen molar-refractivity contribution in [3.05, 3.63) is 35.9 Å². The zero-order valence-corrected chi connectivity index (χ0v) is 25.8. The van der Waals surface area contributed by atoms with Crippen LogP contribution < -0.4 is 16.0 Å². The summed E-state index contributed by atoms with van der Waals surface area (Å²) in [5.74, 6) is 3.39. The molecule has 3 amide bonds. The molecule has 0 bridgehead atoms. The third-order valence-electron chi connectivity index (χ3n) is 8.22. The van der Waals surface area contributed by atoms with Crippen LogP contribution in [0, 0.1) is 36.5 Å². The Balaban J connectivity index is 2.23. The molecule has 0 aliphatic heterocycles. The van der Waals surface area contributed by atoms with Crippen molar-refractivity contribution in [2.24, 2.45) is 11.8 Å². The number of benzene rings is 1. The number of terminal acetylenes is 2. The largest absolute Gasteiger partial charge is 0.389 e. The summed E-state index contributed by atoms with van der Waals surface area (Å²) >= 11 is 0. The Bertz CT molecular complexity index is 1080. The number of likely N-dealkylation sites (N-methyl/N-ethyl adjacent to an activating group) is 2. The van der Waals surface area contributed by atoms with E-state index < -0.39 is 42.0 Å². The lowest BCUT2D eigenvalue weighted by molar-refractivity contribution is -0.136. The first-order valence-corrected chi connectivity index (χ1v) is 15.5. The minimum atomic E-state index is -1.26. The van der Waals surface area contributed by atoms with Crippen molar-refractivity contribution in [3.63, 3.8) is 0 Å². The Morgan fingerprint density at radius 3 is 2.35 bits per heavy atom. The highest BCUT2D eigenvalue weighted by Crippen LogP contribution is 2.28. The standard InChI is InChI=1S/C34H50N4O5/c1-5-7-19-28(34(43)37-29(32(41)30(39)14-6-2)23-26-17-12-9-13-18-26)36-33(42)27(22-25-15-10-8-11-16-25)24-31(40)38(4)21-20-35-3/h1-2,8,10-11,15-16,26-30,32,35,39,41H,7,9,12-14,17-24H2,3-4H3,(H,36,42)(H,37,43)/t27?,28-,29?,30?,32+/m0/s1. The van der Waals surface area contributed by atoms with E-state index in [9.17, 15) is 24.6 Å². The van der Waals surface area contributed by atoms with Crippen molar-refractivity contribution in [1.82, 2.24) is 20.9 Å². The molecular weight excluding hydrogens is 544 g/mol. The van der Waals surface area contributed by atoms with Crippen molar-refractivity contribution in [2.75, 3.05) is 27.2 Å². The maximum atomic E-state index is 13.7. The van der Waals surface area contributed by atoms with Crippen LogP contribution in [0.25, 0.3) is 0 Å². The number of aliphatic hydroxyl groups is 2. The molecule has 3 unspecified atom stereocenters. The van der Waals surface area contributed by atoms with E-state index in [1.54, 1.807) is 19.0 Å². The molecule has 9 nitrogen and oxygen atoms in total. The van der Waals surface area contributed by atoms with Crippen molar-refractivity contribution in [3.8, 4) is 24.7 Å². The van der Waals surface area contributed by atoms with Crippen LogP contribution in [0.4, 0.5) is 0 Å². The first-order valence-electron chi connectivity index (χ1n) is 15.5. The second-order valence-electron chi connectivity index (χ2n) is 11.6. The highest BCUT2D eigenvalue weighted by atomic mass is 16.3. The van der Waals surface area contributed by atoms with E-state index in [0.29, 0.717) is 31.8 Å². The first-order chi connectivity index (χ1) is 20.7. The average molecular weight is 595 g/mol. The number of aliphatic hydroxyl groups excluding tert-OH is 2. The van der Waals surface area contributed by atoms with Crippen LogP contribution in [0.3, 0.4) is 0 Å². The highest BCUT2D eigenvalue weighted by molar-refractivity contribution is 5.91. The fraction of sp³-hybridized carbons (Fsp3) is 0.618. The lowest BCUT2D eigenvalue weighted by atomic mass is 9.82. The normalized spacial score (nSPS) is 16.9. The van der Waals surface area contributed by atoms with E-state index in [-0.39, 0.29) is 31.6 Å². The van der Waals surface area contributed by atoms with Gasteiger partial charge in [-0.15, -0.1) is 24.7 Å². The maximum absolute atomic E-state index is 13.7. The van der Waals surface area contributed by atoms with Gasteiger partial charge in [0.1, 0.15) is 12.1 Å². The molecular formula is C34H50N4O5. The number of rotatable bonds is 18. The second kappa shape index (κ2) is 19.7. The van der Waals surface area contributed by atoms with Crippen molar-refractivity contribution in [1.29, 1.82) is 0 Å². The van der Waals surface area contributed by atoms with Crippen LogP contribution in [0.1, 0.15) is 69.8 Å². The van der Waals surface area contributed by atoms with Crippen LogP contribution in [-0.2, 0) is 20.8 Å². The summed E-state index contributed by atoms with van der Waals surface area (Å²) in [5.41, 5.74) is 0.899. The van der Waals surface area contributed by atoms with Crippen LogP contribution in [0.15, 0.2) is 30.3 Å². The predicted molar refractivity (Wildman–Crippen MR) is 168 cm³/mol. The maximum Gasteiger partial charge on any atom is 0.242 e. The van der Waals surface area contributed by atoms with E-state index in [1.165, 1.54) is 0 Å². The van der Waals surface area contributed by atoms with Gasteiger partial charge in [0.25, 0.3) is 0 Å². The van der Waals surface area contributed by atoms with Crippen LogP contribution in [0.5, 0.6) is 0 Å². The zero-order valence-electron chi connectivity index (χ0n) is 25.8. The highest BCUT2D eigenvalue weighted by Gasteiger charge is 2.33. The molecule has 1 saturated carbocycles. The van der Waals surface area contributed by atoms with E-state index in [1.807, 2.05) is 30.3 Å². The molecule has 43 heavy (non-hydrogen) atoms. The quantitative estimate of drug-likeness (QED) is 0.165. The average Bonchev–Trinajstić information content (AvgIpc) is 3.01. The molecule has 1 aromatic rings. The molecule has 9 heteroatoms. The van der Waals surface area contributed by atoms with Crippen LogP contribution in [-0.4, -0.2) is 84.3 Å². The van der Waals surface area contributed by atoms with Gasteiger partial charge in [-0.05, 0) is 37.8 Å². The molecule has 0 aromatic heterocycles. The number of hydrogen-bond donors (Lipinski definition) is 5. The molecule has 1 aliphatic rings. The third kappa shape index (κ3) is 12.8. The van der Waals surface area contributed by atoms with Gasteiger partial charge in [0, 0.05) is 39.4 Å². The van der Waals surface area contributed by atoms with Crippen molar-refractivity contribution >= 4 is 17.7 Å². The van der Waals surface area contributed by atoms with Gasteiger partial charge in [0.05, 0.1) is 18.1 Å². The number of carbonyl (C=O) groups is 3. The smallest absolute Gasteiger partial charge is 0.242 e. The molecule has 1 fully saturated rings. The van der Waals surface area contributed by atoms with Crippen molar-refractivity contribution < 1.29 is 24.6 Å². The van der Waals surface area contributed by atoms with E-state index in [0.717, 1.165) is 37.7 Å². The van der Waals surface area contributed by atoms with E-state index >= 15 is 0 Å². The van der Waals surface area contributed by atoms with Gasteiger partial charge in [0.15, 0.2) is 0 Å². The SMILES string of the molecule is C#CCC[C@H](NC(=O)C(CC(=O)N(C)CCNC)Cc1ccccc1)C(=O)NC(CC1CCCCC1)[C@@H](O)C(O)CC#C. The Hall–Kier alpha value is -3.37. The summed E-state index contributed by atoms with van der Waals surface area (Å²) in [6.07, 6.45) is 14.9. The first kappa shape index (κ1) is 35.8. The summed E-state index contributed by atoms with van der Waals surface area (Å²) < 4.78 is 0. The number of nitrogens with zero attached hydrogens (tertiary/aromatic N) is 1. The second-order valence-corrected chi connectivity index (χ2v) is 11.6.